The van der Waals surface area contributed by atoms with Gasteiger partial charge in [0.05, 0.1) is 6.42 Å². The van der Waals surface area contributed by atoms with E-state index in [0.717, 1.165) is 0 Å². The minimum Gasteiger partial charge on any atom is -0.367 e. The van der Waals surface area contributed by atoms with Crippen LogP contribution in [0.25, 0.3) is 0 Å². The summed E-state index contributed by atoms with van der Waals surface area (Å²) in [5, 5.41) is 5.37. The van der Waals surface area contributed by atoms with Gasteiger partial charge in [-0.15, -0.1) is 0 Å². The van der Waals surface area contributed by atoms with E-state index in [9.17, 15) is 13.2 Å². The van der Waals surface area contributed by atoms with Crippen LogP contribution < -0.4 is 10.6 Å². The number of nitrogens with zero attached hydrogens (tertiary/aromatic N) is 2. The molecule has 1 aromatic rings. The Hall–Kier alpha value is -1.53. The zero-order chi connectivity index (χ0) is 12.2. The zero-order valence-corrected chi connectivity index (χ0v) is 8.97. The second-order valence-corrected chi connectivity index (χ2v) is 3.38. The highest BCUT2D eigenvalue weighted by molar-refractivity contribution is 5.39. The Bertz CT molecular complexity index is 340. The van der Waals surface area contributed by atoms with E-state index in [-0.39, 0.29) is 0 Å². The first kappa shape index (κ1) is 12.5. The lowest BCUT2D eigenvalue weighted by atomic mass is 10.2. The molecule has 4 nitrogen and oxygen atoms in total. The van der Waals surface area contributed by atoms with Crippen molar-refractivity contribution in [1.82, 2.24) is 9.97 Å². The van der Waals surface area contributed by atoms with E-state index in [1.807, 2.05) is 0 Å². The average molecular weight is 234 g/mol. The third kappa shape index (κ3) is 4.33. The second-order valence-electron chi connectivity index (χ2n) is 3.38. The average Bonchev–Trinajstić information content (AvgIpc) is 2.15. The number of hydrogen-bond acceptors (Lipinski definition) is 4. The van der Waals surface area contributed by atoms with Gasteiger partial charge in [0, 0.05) is 19.3 Å². The van der Waals surface area contributed by atoms with E-state index in [1.54, 1.807) is 7.05 Å². The normalized spacial score (nSPS) is 13.3. The van der Waals surface area contributed by atoms with Crippen molar-refractivity contribution in [2.45, 2.75) is 25.6 Å². The van der Waals surface area contributed by atoms with Gasteiger partial charge in [0.15, 0.2) is 0 Å². The van der Waals surface area contributed by atoms with Crippen LogP contribution >= 0.6 is 0 Å². The molecule has 1 atom stereocenters. The monoisotopic (exact) mass is 234 g/mol. The fourth-order valence-corrected chi connectivity index (χ4v) is 1.21. The van der Waals surface area contributed by atoms with E-state index in [1.165, 1.54) is 19.2 Å². The van der Waals surface area contributed by atoms with Crippen molar-refractivity contribution < 1.29 is 13.2 Å². The Morgan fingerprint density at radius 1 is 1.44 bits per heavy atom. The third-order valence-corrected chi connectivity index (χ3v) is 1.81. The van der Waals surface area contributed by atoms with Crippen LogP contribution in [0.3, 0.4) is 0 Å². The maximum atomic E-state index is 12.1. The molecule has 0 saturated carbocycles. The Morgan fingerprint density at radius 3 is 2.69 bits per heavy atom. The van der Waals surface area contributed by atoms with Gasteiger partial charge in [0.25, 0.3) is 0 Å². The number of rotatable bonds is 4. The van der Waals surface area contributed by atoms with Crippen molar-refractivity contribution in [2.24, 2.45) is 0 Å². The van der Waals surface area contributed by atoms with Gasteiger partial charge in [0.2, 0.25) is 5.95 Å². The topological polar surface area (TPSA) is 49.8 Å². The summed E-state index contributed by atoms with van der Waals surface area (Å²) in [6.07, 6.45) is -3.60. The van der Waals surface area contributed by atoms with Crippen molar-refractivity contribution in [1.29, 1.82) is 0 Å². The fourth-order valence-electron chi connectivity index (χ4n) is 1.21. The summed E-state index contributed by atoms with van der Waals surface area (Å²) in [4.78, 5) is 7.82. The van der Waals surface area contributed by atoms with Crippen LogP contribution in [-0.4, -0.2) is 29.2 Å². The fraction of sp³-hybridized carbons (Fsp3) is 0.556. The molecule has 1 unspecified atom stereocenters. The van der Waals surface area contributed by atoms with E-state index in [4.69, 9.17) is 0 Å². The molecular weight excluding hydrogens is 221 g/mol. The molecule has 16 heavy (non-hydrogen) atoms. The quantitative estimate of drug-likeness (QED) is 0.839. The zero-order valence-electron chi connectivity index (χ0n) is 8.97. The molecule has 0 aliphatic heterocycles. The summed E-state index contributed by atoms with van der Waals surface area (Å²) in [5.41, 5.74) is 0. The first-order chi connectivity index (χ1) is 7.40. The van der Waals surface area contributed by atoms with Crippen LogP contribution in [0.5, 0.6) is 0 Å². The minimum atomic E-state index is -4.18. The standard InChI is InChI=1S/C9H13F3N4/c1-6(5-9(10,11)12)15-7-3-4-14-8(13-2)16-7/h3-4,6H,5H2,1-2H3,(H2,13,14,15,16). The highest BCUT2D eigenvalue weighted by Crippen LogP contribution is 2.22. The molecule has 0 aliphatic rings. The highest BCUT2D eigenvalue weighted by Gasteiger charge is 2.30. The van der Waals surface area contributed by atoms with E-state index in [2.05, 4.69) is 20.6 Å². The van der Waals surface area contributed by atoms with Crippen molar-refractivity contribution in [3.63, 3.8) is 0 Å². The highest BCUT2D eigenvalue weighted by atomic mass is 19.4. The molecule has 1 aromatic heterocycles. The van der Waals surface area contributed by atoms with Crippen LogP contribution in [0.1, 0.15) is 13.3 Å². The molecule has 0 saturated heterocycles. The molecule has 0 radical (unpaired) electrons. The van der Waals surface area contributed by atoms with Gasteiger partial charge in [-0.2, -0.15) is 18.2 Å². The molecule has 0 bridgehead atoms. The summed E-state index contributed by atoms with van der Waals surface area (Å²) in [5.74, 6) is 0.736. The van der Waals surface area contributed by atoms with Crippen LogP contribution in [0.4, 0.5) is 24.9 Å². The first-order valence-electron chi connectivity index (χ1n) is 4.75. The van der Waals surface area contributed by atoms with Crippen LogP contribution in [-0.2, 0) is 0 Å². The van der Waals surface area contributed by atoms with Crippen LogP contribution in [0.15, 0.2) is 12.3 Å². The van der Waals surface area contributed by atoms with Gasteiger partial charge in [0.1, 0.15) is 5.82 Å². The lowest BCUT2D eigenvalue weighted by Crippen LogP contribution is -2.24. The molecule has 0 aromatic carbocycles. The third-order valence-electron chi connectivity index (χ3n) is 1.81. The summed E-state index contributed by atoms with van der Waals surface area (Å²) in [6, 6.07) is 0.799. The predicted octanol–water partition coefficient (Wildman–Crippen LogP) is 2.27. The number of aromatic nitrogens is 2. The molecule has 1 heterocycles. The van der Waals surface area contributed by atoms with Crippen molar-refractivity contribution in [2.75, 3.05) is 17.7 Å². The molecule has 0 fully saturated rings. The molecule has 1 rings (SSSR count). The first-order valence-corrected chi connectivity index (χ1v) is 4.75. The van der Waals surface area contributed by atoms with Crippen molar-refractivity contribution in [3.05, 3.63) is 12.3 Å². The molecule has 0 aliphatic carbocycles. The van der Waals surface area contributed by atoms with Gasteiger partial charge in [-0.05, 0) is 13.0 Å². The number of nitrogens with one attached hydrogen (secondary N) is 2. The van der Waals surface area contributed by atoms with Gasteiger partial charge in [-0.1, -0.05) is 0 Å². The van der Waals surface area contributed by atoms with Gasteiger partial charge in [-0.3, -0.25) is 0 Å². The van der Waals surface area contributed by atoms with Gasteiger partial charge in [-0.25, -0.2) is 4.98 Å². The molecular formula is C9H13F3N4. The second kappa shape index (κ2) is 5.00. The van der Waals surface area contributed by atoms with Gasteiger partial charge < -0.3 is 10.6 Å². The minimum absolute atomic E-state index is 0.365. The van der Waals surface area contributed by atoms with Gasteiger partial charge >= 0.3 is 6.18 Å². The summed E-state index contributed by atoms with van der Waals surface area (Å²) < 4.78 is 36.2. The van der Waals surface area contributed by atoms with Crippen molar-refractivity contribution >= 4 is 11.8 Å². The summed E-state index contributed by atoms with van der Waals surface area (Å²) >= 11 is 0. The largest absolute Gasteiger partial charge is 0.391 e. The van der Waals surface area contributed by atoms with E-state index in [0.29, 0.717) is 11.8 Å². The maximum absolute atomic E-state index is 12.1. The SMILES string of the molecule is CNc1nccc(NC(C)CC(F)(F)F)n1. The number of alkyl halides is 3. The summed E-state index contributed by atoms with van der Waals surface area (Å²) in [7, 11) is 1.64. The molecule has 0 spiro atoms. The maximum Gasteiger partial charge on any atom is 0.391 e. The number of halogens is 3. The number of hydrogen-bond donors (Lipinski definition) is 2. The number of anilines is 2. The lowest BCUT2D eigenvalue weighted by Gasteiger charge is -2.16. The molecule has 2 N–H and O–H groups in total. The van der Waals surface area contributed by atoms with Crippen LogP contribution in [0.2, 0.25) is 0 Å². The van der Waals surface area contributed by atoms with Crippen LogP contribution in [0, 0.1) is 0 Å². The lowest BCUT2D eigenvalue weighted by molar-refractivity contribution is -0.136. The molecule has 7 heteroatoms. The Labute approximate surface area is 91.3 Å². The Balaban J connectivity index is 2.59. The smallest absolute Gasteiger partial charge is 0.367 e. The molecule has 0 amide bonds. The molecule has 90 valence electrons. The van der Waals surface area contributed by atoms with Crippen molar-refractivity contribution in [3.8, 4) is 0 Å². The van der Waals surface area contributed by atoms with E-state index < -0.39 is 18.6 Å². The Morgan fingerprint density at radius 2 is 2.12 bits per heavy atom. The Kier molecular flexibility index (Phi) is 3.92. The van der Waals surface area contributed by atoms with E-state index >= 15 is 0 Å². The predicted molar refractivity (Wildman–Crippen MR) is 55.3 cm³/mol. The summed E-state index contributed by atoms with van der Waals surface area (Å²) in [6.45, 7) is 1.45.